The van der Waals surface area contributed by atoms with Crippen molar-refractivity contribution >= 4 is 45.4 Å². The molecule has 3 aromatic rings. The number of nitrogens with one attached hydrogen (secondary N) is 4. The van der Waals surface area contributed by atoms with Crippen LogP contribution in [0.5, 0.6) is 0 Å². The fourth-order valence-electron chi connectivity index (χ4n) is 2.90. The molecule has 2 amide bonds. The molecule has 4 N–H and O–H groups in total. The fourth-order valence-corrected chi connectivity index (χ4v) is 3.89. The molecule has 0 bridgehead atoms. The lowest BCUT2D eigenvalue weighted by molar-refractivity contribution is -0.123. The van der Waals surface area contributed by atoms with Gasteiger partial charge in [-0.3, -0.25) is 9.59 Å². The lowest BCUT2D eigenvalue weighted by Gasteiger charge is -2.29. The second kappa shape index (κ2) is 7.23. The Morgan fingerprint density at radius 2 is 1.93 bits per heavy atom. The number of benzene rings is 2. The zero-order valence-electron chi connectivity index (χ0n) is 14.3. The second-order valence-corrected chi connectivity index (χ2v) is 7.39. The zero-order chi connectivity index (χ0) is 19.7. The maximum atomic E-state index is 13.5. The Labute approximate surface area is 168 Å². The molecule has 2 heterocycles. The molecule has 0 aliphatic carbocycles. The van der Waals surface area contributed by atoms with Crippen LogP contribution in [0.25, 0.3) is 0 Å². The number of rotatable bonds is 4. The quantitative estimate of drug-likeness (QED) is 0.522. The van der Waals surface area contributed by atoms with E-state index >= 15 is 0 Å². The maximum Gasteiger partial charge on any atom is 0.271 e. The van der Waals surface area contributed by atoms with Gasteiger partial charge < -0.3 is 16.1 Å². The third-order valence-electron chi connectivity index (χ3n) is 4.28. The minimum atomic E-state index is -1.60. The van der Waals surface area contributed by atoms with Crippen LogP contribution < -0.4 is 21.5 Å². The van der Waals surface area contributed by atoms with E-state index in [4.69, 9.17) is 11.6 Å². The molecule has 9 heteroatoms. The van der Waals surface area contributed by atoms with E-state index in [0.29, 0.717) is 21.3 Å². The third-order valence-corrected chi connectivity index (χ3v) is 5.44. The van der Waals surface area contributed by atoms with Crippen molar-refractivity contribution in [2.75, 3.05) is 10.7 Å². The number of thiophene rings is 1. The van der Waals surface area contributed by atoms with Crippen molar-refractivity contribution in [3.8, 4) is 0 Å². The van der Waals surface area contributed by atoms with E-state index in [0.717, 1.165) is 6.07 Å². The van der Waals surface area contributed by atoms with Crippen LogP contribution in [0.2, 0.25) is 5.02 Å². The number of hydrogen-bond donors (Lipinski definition) is 4. The Hall–Kier alpha value is -2.94. The van der Waals surface area contributed by atoms with Gasteiger partial charge >= 0.3 is 0 Å². The highest BCUT2D eigenvalue weighted by Crippen LogP contribution is 2.37. The van der Waals surface area contributed by atoms with Gasteiger partial charge in [-0.2, -0.15) is 5.43 Å². The smallest absolute Gasteiger partial charge is 0.271 e. The highest BCUT2D eigenvalue weighted by molar-refractivity contribution is 7.14. The normalized spacial score (nSPS) is 17.5. The molecule has 1 aromatic heterocycles. The van der Waals surface area contributed by atoms with Gasteiger partial charge in [0.2, 0.25) is 5.66 Å². The number of halogens is 2. The topological polar surface area (TPSA) is 82.3 Å². The second-order valence-electron chi connectivity index (χ2n) is 6.06. The van der Waals surface area contributed by atoms with E-state index in [1.54, 1.807) is 35.7 Å². The summed E-state index contributed by atoms with van der Waals surface area (Å²) in [6.45, 7) is 0. The predicted molar refractivity (Wildman–Crippen MR) is 107 cm³/mol. The van der Waals surface area contributed by atoms with Gasteiger partial charge in [-0.15, -0.1) is 11.3 Å². The standard InChI is InChI=1S/C19H14ClFN4O2S/c20-14-6-1-2-7-15(14)22-18(27)19(13-8-9-28-17(13)24-25-19)23-16(26)11-4-3-5-12(21)10-11/h1-10,24-25H,(H,22,27)(H,23,26). The van der Waals surface area contributed by atoms with Crippen LogP contribution in [0.3, 0.4) is 0 Å². The molecule has 0 fully saturated rings. The van der Waals surface area contributed by atoms with Crippen LogP contribution in [0, 0.1) is 5.82 Å². The molecule has 0 radical (unpaired) electrons. The molecule has 2 aromatic carbocycles. The summed E-state index contributed by atoms with van der Waals surface area (Å²) in [5.41, 5.74) is 5.20. The molecular weight excluding hydrogens is 403 g/mol. The molecule has 1 aliphatic rings. The molecule has 142 valence electrons. The predicted octanol–water partition coefficient (Wildman–Crippen LogP) is 3.69. The summed E-state index contributed by atoms with van der Waals surface area (Å²) in [7, 11) is 0. The van der Waals surface area contributed by atoms with Gasteiger partial charge in [-0.25, -0.2) is 4.39 Å². The number of anilines is 2. The van der Waals surface area contributed by atoms with Crippen LogP contribution in [0.1, 0.15) is 15.9 Å². The minimum Gasteiger partial charge on any atom is -0.321 e. The Balaban J connectivity index is 1.69. The summed E-state index contributed by atoms with van der Waals surface area (Å²) in [4.78, 5) is 26.0. The Morgan fingerprint density at radius 3 is 2.71 bits per heavy atom. The highest BCUT2D eigenvalue weighted by Gasteiger charge is 2.48. The summed E-state index contributed by atoms with van der Waals surface area (Å²) in [6, 6.07) is 13.7. The molecular formula is C19H14ClFN4O2S. The monoisotopic (exact) mass is 416 g/mol. The van der Waals surface area contributed by atoms with E-state index in [-0.39, 0.29) is 5.56 Å². The van der Waals surface area contributed by atoms with Crippen LogP contribution in [-0.4, -0.2) is 11.8 Å². The van der Waals surface area contributed by atoms with Crippen molar-refractivity contribution < 1.29 is 14.0 Å². The molecule has 6 nitrogen and oxygen atoms in total. The lowest BCUT2D eigenvalue weighted by Crippen LogP contribution is -2.61. The van der Waals surface area contributed by atoms with E-state index in [2.05, 4.69) is 21.5 Å². The minimum absolute atomic E-state index is 0.0930. The average Bonchev–Trinajstić information content (AvgIpc) is 3.28. The number of hydrogen-bond acceptors (Lipinski definition) is 5. The summed E-state index contributed by atoms with van der Waals surface area (Å²) in [5.74, 6) is -1.70. The number of para-hydroxylation sites is 1. The number of hydrazine groups is 1. The SMILES string of the molecule is O=C(NC1(C(=O)Nc2ccccc2Cl)NNc2sccc21)c1cccc(F)c1. The molecule has 28 heavy (non-hydrogen) atoms. The van der Waals surface area contributed by atoms with Crippen molar-refractivity contribution in [1.29, 1.82) is 0 Å². The highest BCUT2D eigenvalue weighted by atomic mass is 35.5. The summed E-state index contributed by atoms with van der Waals surface area (Å²) < 4.78 is 13.5. The fraction of sp³-hybridized carbons (Fsp3) is 0.0526. The third kappa shape index (κ3) is 3.22. The van der Waals surface area contributed by atoms with Crippen molar-refractivity contribution in [2.24, 2.45) is 0 Å². The zero-order valence-corrected chi connectivity index (χ0v) is 15.8. The van der Waals surface area contributed by atoms with Gasteiger partial charge in [0, 0.05) is 11.1 Å². The van der Waals surface area contributed by atoms with E-state index in [1.807, 2.05) is 0 Å². The van der Waals surface area contributed by atoms with E-state index in [9.17, 15) is 14.0 Å². The van der Waals surface area contributed by atoms with Gasteiger partial charge in [0.15, 0.2) is 0 Å². The molecule has 0 spiro atoms. The lowest BCUT2D eigenvalue weighted by atomic mass is 10.0. The first-order chi connectivity index (χ1) is 13.5. The largest absolute Gasteiger partial charge is 0.321 e. The number of fused-ring (bicyclic) bond motifs is 1. The summed E-state index contributed by atoms with van der Waals surface area (Å²) >= 11 is 7.52. The Bertz CT molecular complexity index is 1070. The molecule has 0 saturated heterocycles. The molecule has 1 atom stereocenters. The molecule has 1 aliphatic heterocycles. The first-order valence-corrected chi connectivity index (χ1v) is 9.50. The summed E-state index contributed by atoms with van der Waals surface area (Å²) in [5, 5.41) is 8.27. The van der Waals surface area contributed by atoms with Gasteiger partial charge in [-0.05, 0) is 41.8 Å². The van der Waals surface area contributed by atoms with Crippen LogP contribution >= 0.6 is 22.9 Å². The molecule has 0 saturated carbocycles. The van der Waals surface area contributed by atoms with Gasteiger partial charge in [0.1, 0.15) is 10.8 Å². The van der Waals surface area contributed by atoms with Crippen molar-refractivity contribution in [3.05, 3.63) is 81.9 Å². The van der Waals surface area contributed by atoms with Gasteiger partial charge in [0.25, 0.3) is 11.8 Å². The number of carbonyl (C=O) groups is 2. The first-order valence-electron chi connectivity index (χ1n) is 8.25. The van der Waals surface area contributed by atoms with Crippen LogP contribution in [0.15, 0.2) is 60.0 Å². The van der Waals surface area contributed by atoms with Gasteiger partial charge in [-0.1, -0.05) is 29.8 Å². The van der Waals surface area contributed by atoms with E-state index in [1.165, 1.54) is 29.5 Å². The average molecular weight is 417 g/mol. The number of amides is 2. The Kier molecular flexibility index (Phi) is 4.76. The van der Waals surface area contributed by atoms with Crippen molar-refractivity contribution in [2.45, 2.75) is 5.66 Å². The first kappa shape index (κ1) is 18.4. The van der Waals surface area contributed by atoms with E-state index < -0.39 is 23.3 Å². The maximum absolute atomic E-state index is 13.5. The Morgan fingerprint density at radius 1 is 1.11 bits per heavy atom. The number of carbonyl (C=O) groups excluding carboxylic acids is 2. The molecule has 1 unspecified atom stereocenters. The molecule has 4 rings (SSSR count). The van der Waals surface area contributed by atoms with Gasteiger partial charge in [0.05, 0.1) is 10.7 Å². The van der Waals surface area contributed by atoms with Crippen LogP contribution in [0.4, 0.5) is 15.1 Å². The van der Waals surface area contributed by atoms with Crippen molar-refractivity contribution in [3.63, 3.8) is 0 Å². The summed E-state index contributed by atoms with van der Waals surface area (Å²) in [6.07, 6.45) is 0. The van der Waals surface area contributed by atoms with Crippen LogP contribution in [-0.2, 0) is 10.5 Å². The van der Waals surface area contributed by atoms with Crippen molar-refractivity contribution in [1.82, 2.24) is 10.7 Å².